The topological polar surface area (TPSA) is 12.0 Å². The monoisotopic (exact) mass is 265 g/mol. The van der Waals surface area contributed by atoms with Crippen molar-refractivity contribution in [3.8, 4) is 0 Å². The van der Waals surface area contributed by atoms with Crippen molar-refractivity contribution < 1.29 is 0 Å². The van der Waals surface area contributed by atoms with E-state index in [-0.39, 0.29) is 0 Å². The third-order valence-corrected chi connectivity index (χ3v) is 4.07. The normalized spacial score (nSPS) is 15.9. The molecule has 1 N–H and O–H groups in total. The van der Waals surface area contributed by atoms with Crippen LogP contribution in [0.2, 0.25) is 0 Å². The minimum absolute atomic E-state index is 0.455. The fourth-order valence-electron chi connectivity index (χ4n) is 2.91. The number of rotatable bonds is 4. The average molecular weight is 265 g/mol. The van der Waals surface area contributed by atoms with Crippen LogP contribution in [0.4, 0.5) is 5.69 Å². The van der Waals surface area contributed by atoms with Crippen LogP contribution in [0.1, 0.15) is 41.1 Å². The van der Waals surface area contributed by atoms with Crippen molar-refractivity contribution in [2.45, 2.75) is 39.7 Å². The molecule has 1 aliphatic rings. The van der Waals surface area contributed by atoms with Gasteiger partial charge in [0.15, 0.2) is 0 Å². The molecule has 3 rings (SSSR count). The maximum absolute atomic E-state index is 3.76. The summed E-state index contributed by atoms with van der Waals surface area (Å²) in [5, 5.41) is 3.76. The van der Waals surface area contributed by atoms with Crippen LogP contribution in [0.25, 0.3) is 0 Å². The number of aryl methyl sites for hydroxylation is 3. The molecule has 0 spiro atoms. The fraction of sp³-hybridized carbons (Fsp3) is 0.368. The zero-order valence-electron chi connectivity index (χ0n) is 12.6. The Morgan fingerprint density at radius 2 is 1.45 bits per heavy atom. The van der Waals surface area contributed by atoms with Gasteiger partial charge in [0.05, 0.1) is 6.04 Å². The lowest BCUT2D eigenvalue weighted by molar-refractivity contribution is 0.678. The van der Waals surface area contributed by atoms with Gasteiger partial charge in [-0.3, -0.25) is 0 Å². The summed E-state index contributed by atoms with van der Waals surface area (Å²) < 4.78 is 0. The summed E-state index contributed by atoms with van der Waals surface area (Å²) in [5.41, 5.74) is 6.64. The van der Waals surface area contributed by atoms with E-state index in [9.17, 15) is 0 Å². The predicted octanol–water partition coefficient (Wildman–Crippen LogP) is 5.18. The highest BCUT2D eigenvalue weighted by Gasteiger charge is 2.32. The van der Waals surface area contributed by atoms with Crippen LogP contribution in [0.5, 0.6) is 0 Å². The van der Waals surface area contributed by atoms with Gasteiger partial charge in [-0.15, -0.1) is 0 Å². The molecule has 0 saturated heterocycles. The molecule has 1 saturated carbocycles. The van der Waals surface area contributed by atoms with E-state index in [0.29, 0.717) is 6.04 Å². The second-order valence-corrected chi connectivity index (χ2v) is 6.25. The molecule has 0 aliphatic heterocycles. The van der Waals surface area contributed by atoms with E-state index < -0.39 is 0 Å². The van der Waals surface area contributed by atoms with Gasteiger partial charge < -0.3 is 5.32 Å². The molecule has 0 heterocycles. The molecule has 1 nitrogen and oxygen atoms in total. The first-order chi connectivity index (χ1) is 9.61. The van der Waals surface area contributed by atoms with Crippen molar-refractivity contribution in [2.24, 2.45) is 5.92 Å². The molecule has 104 valence electrons. The van der Waals surface area contributed by atoms with Crippen molar-refractivity contribution in [3.63, 3.8) is 0 Å². The molecule has 0 radical (unpaired) electrons. The van der Waals surface area contributed by atoms with E-state index in [1.54, 1.807) is 0 Å². The largest absolute Gasteiger partial charge is 0.378 e. The molecule has 0 amide bonds. The molecule has 20 heavy (non-hydrogen) atoms. The number of hydrogen-bond acceptors (Lipinski definition) is 1. The molecule has 2 aromatic carbocycles. The Balaban J connectivity index is 1.86. The highest BCUT2D eigenvalue weighted by molar-refractivity contribution is 5.50. The van der Waals surface area contributed by atoms with Crippen LogP contribution in [-0.2, 0) is 0 Å². The van der Waals surface area contributed by atoms with E-state index in [0.717, 1.165) is 5.92 Å². The lowest BCUT2D eigenvalue weighted by atomic mass is 10.00. The number of hydrogen-bond donors (Lipinski definition) is 1. The first-order valence-electron chi connectivity index (χ1n) is 7.53. The average Bonchev–Trinajstić information content (AvgIpc) is 3.20. The van der Waals surface area contributed by atoms with Gasteiger partial charge in [-0.05, 0) is 68.4 Å². The molecule has 1 aliphatic carbocycles. The van der Waals surface area contributed by atoms with Crippen molar-refractivity contribution in [1.82, 2.24) is 0 Å². The van der Waals surface area contributed by atoms with E-state index >= 15 is 0 Å². The van der Waals surface area contributed by atoms with E-state index in [1.165, 1.54) is 40.8 Å². The Morgan fingerprint density at radius 1 is 0.850 bits per heavy atom. The minimum atomic E-state index is 0.455. The van der Waals surface area contributed by atoms with Crippen LogP contribution < -0.4 is 5.32 Å². The maximum atomic E-state index is 3.76. The van der Waals surface area contributed by atoms with E-state index in [1.807, 2.05) is 0 Å². The van der Waals surface area contributed by atoms with Crippen LogP contribution in [0.3, 0.4) is 0 Å². The Bertz CT molecular complexity index is 573. The van der Waals surface area contributed by atoms with Crippen molar-refractivity contribution >= 4 is 5.69 Å². The summed E-state index contributed by atoms with van der Waals surface area (Å²) in [4.78, 5) is 0. The highest BCUT2D eigenvalue weighted by Crippen LogP contribution is 2.43. The van der Waals surface area contributed by atoms with Gasteiger partial charge in [-0.2, -0.15) is 0 Å². The van der Waals surface area contributed by atoms with Gasteiger partial charge in [0.2, 0.25) is 0 Å². The quantitative estimate of drug-likeness (QED) is 0.803. The van der Waals surface area contributed by atoms with Gasteiger partial charge in [0.1, 0.15) is 0 Å². The van der Waals surface area contributed by atoms with Crippen molar-refractivity contribution in [1.29, 1.82) is 0 Å². The van der Waals surface area contributed by atoms with Crippen LogP contribution >= 0.6 is 0 Å². The van der Waals surface area contributed by atoms with Crippen LogP contribution in [-0.4, -0.2) is 0 Å². The first-order valence-corrected chi connectivity index (χ1v) is 7.53. The molecule has 1 fully saturated rings. The zero-order chi connectivity index (χ0) is 14.1. The second kappa shape index (κ2) is 5.32. The van der Waals surface area contributed by atoms with Crippen molar-refractivity contribution in [2.75, 3.05) is 5.32 Å². The van der Waals surface area contributed by atoms with Gasteiger partial charge in [-0.25, -0.2) is 0 Å². The maximum Gasteiger partial charge on any atom is 0.0542 e. The summed E-state index contributed by atoms with van der Waals surface area (Å²) in [7, 11) is 0. The summed E-state index contributed by atoms with van der Waals surface area (Å²) in [6.07, 6.45) is 2.69. The van der Waals surface area contributed by atoms with Gasteiger partial charge in [-0.1, -0.05) is 35.9 Å². The molecular formula is C19H23N. The summed E-state index contributed by atoms with van der Waals surface area (Å²) in [6, 6.07) is 16.1. The summed E-state index contributed by atoms with van der Waals surface area (Å²) in [6.45, 7) is 6.47. The first kappa shape index (κ1) is 13.2. The Morgan fingerprint density at radius 3 is 2.00 bits per heavy atom. The third kappa shape index (κ3) is 3.04. The Kier molecular flexibility index (Phi) is 3.52. The van der Waals surface area contributed by atoms with Gasteiger partial charge in [0.25, 0.3) is 0 Å². The van der Waals surface area contributed by atoms with Gasteiger partial charge >= 0.3 is 0 Å². The molecule has 0 bridgehead atoms. The number of benzene rings is 2. The Labute approximate surface area is 122 Å². The molecular weight excluding hydrogens is 242 g/mol. The summed E-state index contributed by atoms with van der Waals surface area (Å²) >= 11 is 0. The van der Waals surface area contributed by atoms with Crippen LogP contribution in [0.15, 0.2) is 42.5 Å². The van der Waals surface area contributed by atoms with Crippen LogP contribution in [0, 0.1) is 26.7 Å². The lowest BCUT2D eigenvalue weighted by Gasteiger charge is -2.21. The molecule has 1 heteroatoms. The second-order valence-electron chi connectivity index (χ2n) is 6.25. The molecule has 0 aromatic heterocycles. The van der Waals surface area contributed by atoms with Gasteiger partial charge in [0, 0.05) is 5.69 Å². The fourth-order valence-corrected chi connectivity index (χ4v) is 2.91. The molecule has 1 unspecified atom stereocenters. The molecule has 2 aromatic rings. The summed E-state index contributed by atoms with van der Waals surface area (Å²) in [5.74, 6) is 0.790. The predicted molar refractivity (Wildman–Crippen MR) is 86.2 cm³/mol. The van der Waals surface area contributed by atoms with E-state index in [2.05, 4.69) is 68.6 Å². The smallest absolute Gasteiger partial charge is 0.0542 e. The zero-order valence-corrected chi connectivity index (χ0v) is 12.6. The number of anilines is 1. The SMILES string of the molecule is Cc1ccc(C(Nc2cc(C)cc(C)c2)C2CC2)cc1. The third-order valence-electron chi connectivity index (χ3n) is 4.07. The number of nitrogens with one attached hydrogen (secondary N) is 1. The van der Waals surface area contributed by atoms with E-state index in [4.69, 9.17) is 0 Å². The minimum Gasteiger partial charge on any atom is -0.378 e. The highest BCUT2D eigenvalue weighted by atomic mass is 14.9. The lowest BCUT2D eigenvalue weighted by Crippen LogP contribution is -2.13. The van der Waals surface area contributed by atoms with Crippen molar-refractivity contribution in [3.05, 3.63) is 64.7 Å². The standard InChI is InChI=1S/C19H23N/c1-13-4-6-16(7-5-13)19(17-8-9-17)20-18-11-14(2)10-15(3)12-18/h4-7,10-12,17,19-20H,8-9H2,1-3H3. The molecule has 1 atom stereocenters. The Hall–Kier alpha value is -1.76.